The molecule has 1 aliphatic rings. The van der Waals surface area contributed by atoms with Crippen LogP contribution in [-0.4, -0.2) is 68.8 Å². The molecular weight excluding hydrogens is 500 g/mol. The summed E-state index contributed by atoms with van der Waals surface area (Å²) in [6.45, 7) is 11.2. The number of benzene rings is 2. The van der Waals surface area contributed by atoms with Gasteiger partial charge in [-0.1, -0.05) is 49.4 Å². The van der Waals surface area contributed by atoms with Crippen LogP contribution in [0.15, 0.2) is 59.9 Å². The highest BCUT2D eigenvalue weighted by Crippen LogP contribution is 2.41. The summed E-state index contributed by atoms with van der Waals surface area (Å²) in [4.78, 5) is 37.2. The second kappa shape index (κ2) is 10.6. The number of likely N-dealkylation sites (N-methyl/N-ethyl adjacent to an activating group) is 1. The number of aliphatic hydroxyl groups excluding tert-OH is 1. The summed E-state index contributed by atoms with van der Waals surface area (Å²) in [5.41, 5.74) is 3.37. The van der Waals surface area contributed by atoms with Crippen LogP contribution in [0.1, 0.15) is 47.7 Å². The molecule has 1 aliphatic heterocycles. The summed E-state index contributed by atoms with van der Waals surface area (Å²) in [6, 6.07) is 14.5. The maximum atomic E-state index is 14.1. The van der Waals surface area contributed by atoms with Gasteiger partial charge in [0.2, 0.25) is 5.78 Å². The molecule has 9 heteroatoms. The zero-order chi connectivity index (χ0) is 27.0. The number of para-hydroxylation sites is 2. The molecular formula is C29H32N4O4S. The van der Waals surface area contributed by atoms with Gasteiger partial charge >= 0.3 is 0 Å². The van der Waals surface area contributed by atoms with Crippen LogP contribution < -0.4 is 4.74 Å². The van der Waals surface area contributed by atoms with E-state index in [1.165, 1.54) is 11.3 Å². The number of aromatic nitrogens is 2. The molecule has 0 aliphatic carbocycles. The molecule has 198 valence electrons. The summed E-state index contributed by atoms with van der Waals surface area (Å²) in [7, 11) is 0. The molecule has 2 aromatic heterocycles. The van der Waals surface area contributed by atoms with E-state index in [0.717, 1.165) is 35.4 Å². The van der Waals surface area contributed by atoms with Crippen molar-refractivity contribution in [3.63, 3.8) is 0 Å². The fraction of sp³-hybridized carbons (Fsp3) is 0.345. The first-order valence-electron chi connectivity index (χ1n) is 13.0. The third-order valence-electron chi connectivity index (χ3n) is 7.20. The van der Waals surface area contributed by atoms with Crippen LogP contribution in [0.2, 0.25) is 0 Å². The first kappa shape index (κ1) is 25.9. The molecule has 3 heterocycles. The molecule has 38 heavy (non-hydrogen) atoms. The molecule has 8 nitrogen and oxygen atoms in total. The number of nitrogens with zero attached hydrogens (tertiary/aromatic N) is 4. The van der Waals surface area contributed by atoms with Crippen LogP contribution in [0.3, 0.4) is 0 Å². The predicted molar refractivity (Wildman–Crippen MR) is 149 cm³/mol. The van der Waals surface area contributed by atoms with Crippen LogP contribution in [0.25, 0.3) is 16.0 Å². The Morgan fingerprint density at radius 2 is 1.82 bits per heavy atom. The van der Waals surface area contributed by atoms with E-state index >= 15 is 0 Å². The number of aryl methyl sites for hydroxylation is 1. The van der Waals surface area contributed by atoms with Crippen LogP contribution in [0.4, 0.5) is 0 Å². The molecule has 0 radical (unpaired) electrons. The van der Waals surface area contributed by atoms with Gasteiger partial charge in [-0.25, -0.2) is 4.98 Å². The molecule has 1 atom stereocenters. The molecule has 1 unspecified atom stereocenters. The van der Waals surface area contributed by atoms with Gasteiger partial charge in [-0.05, 0) is 56.8 Å². The Balaban J connectivity index is 1.57. The van der Waals surface area contributed by atoms with E-state index in [1.807, 2.05) is 66.8 Å². The number of carbonyl (C=O) groups is 2. The number of Topliss-reactive ketones (excluding diaryl/α,β-unsaturated/α-hetero) is 1. The minimum Gasteiger partial charge on any atom is -0.503 e. The molecule has 0 saturated heterocycles. The lowest BCUT2D eigenvalue weighted by atomic mass is 9.95. The third-order valence-corrected chi connectivity index (χ3v) is 8.34. The number of fused-ring (bicyclic) bond motifs is 3. The van der Waals surface area contributed by atoms with Gasteiger partial charge < -0.3 is 19.6 Å². The standard InChI is InChI=1S/C29H32N4O4S/c1-5-31(6-2)16-17-32-24(19-12-14-20(15-13-19)37-7-3)23(26(35)28(32)36)25(34)27-18(4)33-22-11-9-8-10-21(22)30-29(33)38-27/h8-15,24,35H,5-7,16-17H2,1-4H3. The van der Waals surface area contributed by atoms with E-state index in [9.17, 15) is 14.7 Å². The van der Waals surface area contributed by atoms with E-state index in [1.54, 1.807) is 4.90 Å². The number of ketones is 1. The van der Waals surface area contributed by atoms with E-state index in [4.69, 9.17) is 4.74 Å². The molecule has 0 spiro atoms. The lowest BCUT2D eigenvalue weighted by molar-refractivity contribution is -0.129. The number of hydrogen-bond donors (Lipinski definition) is 1. The summed E-state index contributed by atoms with van der Waals surface area (Å²) < 4.78 is 7.56. The molecule has 5 rings (SSSR count). The summed E-state index contributed by atoms with van der Waals surface area (Å²) in [5.74, 6) is -0.650. The van der Waals surface area contributed by atoms with Crippen molar-refractivity contribution in [2.45, 2.75) is 33.7 Å². The Kier molecular flexibility index (Phi) is 7.23. The van der Waals surface area contributed by atoms with Crippen molar-refractivity contribution in [1.29, 1.82) is 0 Å². The molecule has 0 bridgehead atoms. The maximum absolute atomic E-state index is 14.1. The van der Waals surface area contributed by atoms with E-state index < -0.39 is 17.7 Å². The number of thiazole rings is 1. The van der Waals surface area contributed by atoms with Crippen molar-refractivity contribution in [2.24, 2.45) is 0 Å². The molecule has 2 aromatic carbocycles. The first-order valence-corrected chi connectivity index (χ1v) is 13.8. The molecule has 0 fully saturated rings. The van der Waals surface area contributed by atoms with Crippen LogP contribution in [0, 0.1) is 6.92 Å². The SMILES string of the molecule is CCOc1ccc(C2C(C(=O)c3sc4nc5ccccc5n4c3C)=C(O)C(=O)N2CCN(CC)CC)cc1. The smallest absolute Gasteiger partial charge is 0.290 e. The quantitative estimate of drug-likeness (QED) is 0.283. The molecule has 4 aromatic rings. The van der Waals surface area contributed by atoms with Crippen molar-refractivity contribution in [1.82, 2.24) is 19.2 Å². The van der Waals surface area contributed by atoms with Crippen molar-refractivity contribution in [3.05, 3.63) is 76.0 Å². The van der Waals surface area contributed by atoms with Gasteiger partial charge in [0.1, 0.15) is 5.75 Å². The van der Waals surface area contributed by atoms with Gasteiger partial charge in [0, 0.05) is 18.8 Å². The highest BCUT2D eigenvalue weighted by atomic mass is 32.1. The van der Waals surface area contributed by atoms with E-state index in [2.05, 4.69) is 23.7 Å². The number of rotatable bonds is 10. The second-order valence-electron chi connectivity index (χ2n) is 9.26. The lowest BCUT2D eigenvalue weighted by Crippen LogP contribution is -2.38. The van der Waals surface area contributed by atoms with Crippen molar-refractivity contribution in [3.8, 4) is 5.75 Å². The highest BCUT2D eigenvalue weighted by molar-refractivity contribution is 7.19. The van der Waals surface area contributed by atoms with Crippen molar-refractivity contribution < 1.29 is 19.4 Å². The number of amides is 1. The van der Waals surface area contributed by atoms with Gasteiger partial charge in [0.25, 0.3) is 5.91 Å². The highest BCUT2D eigenvalue weighted by Gasteiger charge is 2.44. The fourth-order valence-corrected chi connectivity index (χ4v) is 6.26. The maximum Gasteiger partial charge on any atom is 0.290 e. The Bertz CT molecular complexity index is 1530. The molecule has 1 N–H and O–H groups in total. The summed E-state index contributed by atoms with van der Waals surface area (Å²) in [5, 5.41) is 11.1. The van der Waals surface area contributed by atoms with Gasteiger partial charge in [0.15, 0.2) is 10.7 Å². The number of hydrogen-bond acceptors (Lipinski definition) is 7. The Morgan fingerprint density at radius 3 is 2.50 bits per heavy atom. The third kappa shape index (κ3) is 4.35. The molecule has 0 saturated carbocycles. The van der Waals surface area contributed by atoms with Gasteiger partial charge in [-0.2, -0.15) is 0 Å². The van der Waals surface area contributed by atoms with Crippen LogP contribution >= 0.6 is 11.3 Å². The number of ether oxygens (including phenoxy) is 1. The van der Waals surface area contributed by atoms with E-state index in [0.29, 0.717) is 35.3 Å². The van der Waals surface area contributed by atoms with Gasteiger partial charge in [-0.15, -0.1) is 0 Å². The second-order valence-corrected chi connectivity index (χ2v) is 10.2. The average molecular weight is 533 g/mol. The van der Waals surface area contributed by atoms with Crippen molar-refractivity contribution in [2.75, 3.05) is 32.8 Å². The fourth-order valence-electron chi connectivity index (χ4n) is 5.16. The first-order chi connectivity index (χ1) is 18.4. The Morgan fingerprint density at radius 1 is 1.11 bits per heavy atom. The summed E-state index contributed by atoms with van der Waals surface area (Å²) in [6.07, 6.45) is 0. The Labute approximate surface area is 225 Å². The van der Waals surface area contributed by atoms with E-state index in [-0.39, 0.29) is 11.4 Å². The minimum absolute atomic E-state index is 0.107. The zero-order valence-corrected chi connectivity index (χ0v) is 22.9. The average Bonchev–Trinajstić information content (AvgIpc) is 3.54. The number of aliphatic hydroxyl groups is 1. The van der Waals surface area contributed by atoms with Crippen molar-refractivity contribution >= 4 is 39.0 Å². The Hall–Kier alpha value is -3.69. The monoisotopic (exact) mass is 532 g/mol. The van der Waals surface area contributed by atoms with Crippen LogP contribution in [-0.2, 0) is 4.79 Å². The minimum atomic E-state index is -0.702. The van der Waals surface area contributed by atoms with Gasteiger partial charge in [0.05, 0.1) is 34.1 Å². The zero-order valence-electron chi connectivity index (χ0n) is 22.1. The van der Waals surface area contributed by atoms with Crippen LogP contribution in [0.5, 0.6) is 5.75 Å². The summed E-state index contributed by atoms with van der Waals surface area (Å²) >= 11 is 1.28. The van der Waals surface area contributed by atoms with Gasteiger partial charge in [-0.3, -0.25) is 14.0 Å². The predicted octanol–water partition coefficient (Wildman–Crippen LogP) is 5.18. The number of carbonyl (C=O) groups excluding carboxylic acids is 2. The normalized spacial score (nSPS) is 16.0. The number of imidazole rings is 1. The molecule has 1 amide bonds. The topological polar surface area (TPSA) is 87.4 Å². The largest absolute Gasteiger partial charge is 0.503 e. The lowest BCUT2D eigenvalue weighted by Gasteiger charge is -2.29.